The van der Waals surface area contributed by atoms with Gasteiger partial charge in [0.1, 0.15) is 17.6 Å². The summed E-state index contributed by atoms with van der Waals surface area (Å²) in [7, 11) is 1.88. The predicted octanol–water partition coefficient (Wildman–Crippen LogP) is 6.13. The molecular formula is C30H26N6O3S. The molecule has 3 N–H and O–H groups in total. The molecule has 1 saturated heterocycles. The summed E-state index contributed by atoms with van der Waals surface area (Å²) < 4.78 is 2.71. The molecule has 5 aromatic rings. The number of carbonyl (C=O) groups is 2. The number of para-hydroxylation sites is 1. The minimum Gasteiger partial charge on any atom is -0.465 e. The molecule has 1 fully saturated rings. The van der Waals surface area contributed by atoms with Crippen molar-refractivity contribution in [2.75, 3.05) is 23.7 Å². The van der Waals surface area contributed by atoms with Crippen LogP contribution in [0.3, 0.4) is 0 Å². The number of aromatic nitrogens is 2. The smallest absolute Gasteiger partial charge is 0.407 e. The molecule has 2 amide bonds. The summed E-state index contributed by atoms with van der Waals surface area (Å²) in [4.78, 5) is 31.3. The van der Waals surface area contributed by atoms with Gasteiger partial charge in [-0.3, -0.25) is 4.79 Å². The number of anilines is 2. The molecular weight excluding hydrogens is 524 g/mol. The van der Waals surface area contributed by atoms with Crippen LogP contribution < -0.4 is 10.6 Å². The van der Waals surface area contributed by atoms with Gasteiger partial charge in [0.05, 0.1) is 10.3 Å². The molecule has 0 saturated carbocycles. The van der Waals surface area contributed by atoms with Gasteiger partial charge in [0, 0.05) is 59.2 Å². The van der Waals surface area contributed by atoms with Gasteiger partial charge in [-0.25, -0.2) is 9.78 Å². The first-order valence-electron chi connectivity index (χ1n) is 12.9. The van der Waals surface area contributed by atoms with Gasteiger partial charge in [-0.15, -0.1) is 11.3 Å². The van der Waals surface area contributed by atoms with Gasteiger partial charge in [0.15, 0.2) is 0 Å². The number of carbonyl (C=O) groups excluding carboxylic acids is 1. The van der Waals surface area contributed by atoms with Crippen molar-refractivity contribution < 1.29 is 14.7 Å². The van der Waals surface area contributed by atoms with Crippen molar-refractivity contribution in [2.24, 2.45) is 7.05 Å². The number of rotatable bonds is 5. The Morgan fingerprint density at radius 1 is 1.15 bits per heavy atom. The van der Waals surface area contributed by atoms with E-state index in [4.69, 9.17) is 0 Å². The third-order valence-electron chi connectivity index (χ3n) is 7.32. The van der Waals surface area contributed by atoms with Crippen molar-refractivity contribution in [2.45, 2.75) is 18.9 Å². The molecule has 200 valence electrons. The number of fused-ring (bicyclic) bond motifs is 2. The van der Waals surface area contributed by atoms with E-state index in [1.807, 2.05) is 72.3 Å². The molecule has 1 aliphatic rings. The van der Waals surface area contributed by atoms with Crippen LogP contribution in [0.15, 0.2) is 66.9 Å². The molecule has 6 rings (SSSR count). The number of aryl methyl sites for hydroxylation is 1. The van der Waals surface area contributed by atoms with E-state index in [2.05, 4.69) is 21.7 Å². The first-order chi connectivity index (χ1) is 19.4. The van der Waals surface area contributed by atoms with Gasteiger partial charge in [-0.1, -0.05) is 30.3 Å². The van der Waals surface area contributed by atoms with Crippen LogP contribution in [0.2, 0.25) is 0 Å². The number of carboxylic acid groups (broad SMARTS) is 1. The first kappa shape index (κ1) is 25.4. The zero-order valence-corrected chi connectivity index (χ0v) is 22.5. The number of likely N-dealkylation sites (tertiary alicyclic amines) is 1. The van der Waals surface area contributed by atoms with Crippen LogP contribution in [0.1, 0.15) is 28.9 Å². The van der Waals surface area contributed by atoms with Crippen LogP contribution in [-0.2, 0) is 7.05 Å². The normalized spacial score (nSPS) is 15.2. The Morgan fingerprint density at radius 2 is 1.95 bits per heavy atom. The van der Waals surface area contributed by atoms with E-state index >= 15 is 0 Å². The Kier molecular flexibility index (Phi) is 6.58. The van der Waals surface area contributed by atoms with Crippen molar-refractivity contribution in [3.05, 3.63) is 78.1 Å². The fraction of sp³-hybridized carbons (Fsp3) is 0.200. The van der Waals surface area contributed by atoms with Crippen LogP contribution >= 0.6 is 11.3 Å². The van der Waals surface area contributed by atoms with Gasteiger partial charge < -0.3 is 25.2 Å². The molecule has 1 aliphatic heterocycles. The highest BCUT2D eigenvalue weighted by molar-refractivity contribution is 7.22. The lowest BCUT2D eigenvalue weighted by Crippen LogP contribution is -2.44. The van der Waals surface area contributed by atoms with E-state index < -0.39 is 6.09 Å². The van der Waals surface area contributed by atoms with Gasteiger partial charge in [-0.05, 0) is 48.7 Å². The number of amides is 2. The molecule has 1 atom stereocenters. The Balaban J connectivity index is 1.24. The second-order valence-electron chi connectivity index (χ2n) is 9.88. The number of nitrogens with one attached hydrogen (secondary N) is 2. The minimum absolute atomic E-state index is 0.0541. The van der Waals surface area contributed by atoms with Crippen molar-refractivity contribution in [1.82, 2.24) is 14.5 Å². The van der Waals surface area contributed by atoms with Crippen molar-refractivity contribution in [3.8, 4) is 16.5 Å². The highest BCUT2D eigenvalue weighted by Gasteiger charge is 2.24. The maximum Gasteiger partial charge on any atom is 0.407 e. The number of nitriles is 1. The highest BCUT2D eigenvalue weighted by Crippen LogP contribution is 2.39. The quantitative estimate of drug-likeness (QED) is 0.242. The van der Waals surface area contributed by atoms with E-state index in [1.54, 1.807) is 6.20 Å². The van der Waals surface area contributed by atoms with Gasteiger partial charge >= 0.3 is 6.09 Å². The fourth-order valence-electron chi connectivity index (χ4n) is 5.24. The molecule has 0 unspecified atom stereocenters. The summed E-state index contributed by atoms with van der Waals surface area (Å²) in [5.74, 6) is 0.463. The molecule has 2 aromatic carbocycles. The number of benzene rings is 2. The van der Waals surface area contributed by atoms with Crippen molar-refractivity contribution in [1.29, 1.82) is 5.26 Å². The second kappa shape index (κ2) is 10.4. The number of piperidine rings is 1. The van der Waals surface area contributed by atoms with Gasteiger partial charge in [0.2, 0.25) is 0 Å². The van der Waals surface area contributed by atoms with E-state index in [0.717, 1.165) is 44.3 Å². The summed E-state index contributed by atoms with van der Waals surface area (Å²) >= 11 is 1.51. The number of pyridine rings is 1. The molecule has 0 radical (unpaired) electrons. The summed E-state index contributed by atoms with van der Waals surface area (Å²) in [6.45, 7) is 0.923. The lowest BCUT2D eigenvalue weighted by molar-refractivity contribution is 0.101. The first-order valence-corrected chi connectivity index (χ1v) is 13.8. The van der Waals surface area contributed by atoms with E-state index in [1.165, 1.54) is 16.2 Å². The van der Waals surface area contributed by atoms with Crippen LogP contribution in [0, 0.1) is 11.3 Å². The highest BCUT2D eigenvalue weighted by atomic mass is 32.1. The Bertz CT molecular complexity index is 1800. The zero-order valence-electron chi connectivity index (χ0n) is 21.7. The Morgan fingerprint density at radius 3 is 2.70 bits per heavy atom. The third-order valence-corrected chi connectivity index (χ3v) is 8.54. The third kappa shape index (κ3) is 4.72. The van der Waals surface area contributed by atoms with Crippen LogP contribution in [0.25, 0.3) is 31.4 Å². The summed E-state index contributed by atoms with van der Waals surface area (Å²) in [6, 6.07) is 21.6. The fourth-order valence-corrected chi connectivity index (χ4v) is 6.37. The SMILES string of the molecule is Cn1c(C(=O)Nc2ccc(-c3cc4c(N[C@H]5CCCN(C(=O)O)C5)ncc(C#N)c4s3)cc2)cc2ccccc21. The van der Waals surface area contributed by atoms with Crippen LogP contribution in [0.4, 0.5) is 16.3 Å². The largest absolute Gasteiger partial charge is 0.465 e. The topological polar surface area (TPSA) is 123 Å². The molecule has 0 aliphatic carbocycles. The number of nitrogens with zero attached hydrogens (tertiary/aromatic N) is 4. The predicted molar refractivity (Wildman–Crippen MR) is 157 cm³/mol. The van der Waals surface area contributed by atoms with Crippen molar-refractivity contribution >= 4 is 55.8 Å². The lowest BCUT2D eigenvalue weighted by atomic mass is 10.1. The Labute approximate surface area is 234 Å². The number of hydrogen-bond donors (Lipinski definition) is 3. The maximum atomic E-state index is 13.0. The van der Waals surface area contributed by atoms with E-state index in [9.17, 15) is 20.0 Å². The molecule has 3 aromatic heterocycles. The molecule has 9 nitrogen and oxygen atoms in total. The van der Waals surface area contributed by atoms with Gasteiger partial charge in [-0.2, -0.15) is 5.26 Å². The monoisotopic (exact) mass is 550 g/mol. The van der Waals surface area contributed by atoms with Crippen LogP contribution in [-0.4, -0.2) is 50.7 Å². The number of thiophene rings is 1. The Hall–Kier alpha value is -4.88. The van der Waals surface area contributed by atoms with E-state index in [-0.39, 0.29) is 11.9 Å². The number of hydrogen-bond acceptors (Lipinski definition) is 6. The lowest BCUT2D eigenvalue weighted by Gasteiger charge is -2.31. The average Bonchev–Trinajstić information content (AvgIpc) is 3.56. The zero-order chi connectivity index (χ0) is 27.8. The van der Waals surface area contributed by atoms with Gasteiger partial charge in [0.25, 0.3) is 5.91 Å². The summed E-state index contributed by atoms with van der Waals surface area (Å²) in [5, 5.41) is 27.3. The van der Waals surface area contributed by atoms with Crippen molar-refractivity contribution in [3.63, 3.8) is 0 Å². The maximum absolute atomic E-state index is 13.0. The molecule has 0 spiro atoms. The molecule has 0 bridgehead atoms. The molecule has 4 heterocycles. The minimum atomic E-state index is -0.918. The van der Waals surface area contributed by atoms with Crippen LogP contribution in [0.5, 0.6) is 0 Å². The summed E-state index contributed by atoms with van der Waals surface area (Å²) in [5.41, 5.74) is 3.70. The summed E-state index contributed by atoms with van der Waals surface area (Å²) in [6.07, 6.45) is 2.27. The molecule has 10 heteroatoms. The molecule has 40 heavy (non-hydrogen) atoms. The van der Waals surface area contributed by atoms with E-state index in [0.29, 0.717) is 35.9 Å². The standard InChI is InChI=1S/C30H26N6O3S/c1-35-24-7-3-2-5-19(24)13-25(35)29(37)34-21-10-8-18(9-11-21)26-14-23-27(40-26)20(15-31)16-32-28(23)33-22-6-4-12-36(17-22)30(38)39/h2-3,5,7-11,13-14,16,22H,4,6,12,17H2,1H3,(H,32,33)(H,34,37)(H,38,39)/t22-/m0/s1. The second-order valence-corrected chi connectivity index (χ2v) is 10.9. The average molecular weight is 551 g/mol.